The number of rotatable bonds is 8. The lowest BCUT2D eigenvalue weighted by Gasteiger charge is -2.14. The highest BCUT2D eigenvalue weighted by molar-refractivity contribution is 6.04. The van der Waals surface area contributed by atoms with Crippen molar-refractivity contribution < 1.29 is 9.59 Å². The molecule has 0 spiro atoms. The van der Waals surface area contributed by atoms with E-state index in [1.807, 2.05) is 36.4 Å². The van der Waals surface area contributed by atoms with Gasteiger partial charge in [0.05, 0.1) is 11.3 Å². The van der Waals surface area contributed by atoms with E-state index in [9.17, 15) is 9.59 Å². The zero-order valence-electron chi connectivity index (χ0n) is 17.1. The first kappa shape index (κ1) is 21.0. The molecule has 0 radical (unpaired) electrons. The first-order chi connectivity index (χ1) is 14.0. The van der Waals surface area contributed by atoms with Crippen molar-refractivity contribution in [3.63, 3.8) is 0 Å². The zero-order chi connectivity index (χ0) is 20.6. The minimum atomic E-state index is -0.312. The van der Waals surface area contributed by atoms with Crippen LogP contribution in [0.3, 0.4) is 0 Å². The maximum Gasteiger partial charge on any atom is 0.253 e. The van der Waals surface area contributed by atoms with Crippen LogP contribution in [0.15, 0.2) is 54.6 Å². The van der Waals surface area contributed by atoms with E-state index < -0.39 is 0 Å². The third-order valence-electron chi connectivity index (χ3n) is 5.03. The van der Waals surface area contributed by atoms with E-state index in [0.29, 0.717) is 23.7 Å². The van der Waals surface area contributed by atoms with Crippen LogP contribution in [0, 0.1) is 5.92 Å². The molecule has 0 saturated carbocycles. The SMILES string of the molecule is CC(C)CC1CC(C(=O)Nc2ccccc2C(=O)NCCc2ccccc2)NN1. The molecule has 2 amide bonds. The number of anilines is 1. The predicted molar refractivity (Wildman–Crippen MR) is 115 cm³/mol. The third kappa shape index (κ3) is 6.14. The van der Waals surface area contributed by atoms with Gasteiger partial charge in [0, 0.05) is 12.6 Å². The van der Waals surface area contributed by atoms with Crippen molar-refractivity contribution in [2.75, 3.05) is 11.9 Å². The first-order valence-electron chi connectivity index (χ1n) is 10.3. The summed E-state index contributed by atoms with van der Waals surface area (Å²) in [4.78, 5) is 25.3. The lowest BCUT2D eigenvalue weighted by molar-refractivity contribution is -0.117. The molecule has 1 fully saturated rings. The quantitative estimate of drug-likeness (QED) is 0.555. The second-order valence-electron chi connectivity index (χ2n) is 7.93. The molecule has 1 aliphatic heterocycles. The first-order valence-corrected chi connectivity index (χ1v) is 10.3. The normalized spacial score (nSPS) is 18.6. The van der Waals surface area contributed by atoms with Gasteiger partial charge in [0.2, 0.25) is 5.91 Å². The summed E-state index contributed by atoms with van der Waals surface area (Å²) >= 11 is 0. The number of benzene rings is 2. The monoisotopic (exact) mass is 394 g/mol. The average Bonchev–Trinajstić information content (AvgIpc) is 3.17. The van der Waals surface area contributed by atoms with Crippen molar-refractivity contribution in [3.05, 3.63) is 65.7 Å². The maximum atomic E-state index is 12.7. The van der Waals surface area contributed by atoms with Gasteiger partial charge in [-0.1, -0.05) is 56.3 Å². The molecule has 1 saturated heterocycles. The minimum Gasteiger partial charge on any atom is -0.352 e. The molecular formula is C23H30N4O2. The van der Waals surface area contributed by atoms with Gasteiger partial charge in [-0.15, -0.1) is 0 Å². The van der Waals surface area contributed by atoms with Gasteiger partial charge in [-0.3, -0.25) is 15.0 Å². The standard InChI is InChI=1S/C23H30N4O2/c1-16(2)14-18-15-21(27-26-18)23(29)25-20-11-7-6-10-19(20)22(28)24-13-12-17-8-4-3-5-9-17/h3-11,16,18,21,26-27H,12-15H2,1-2H3,(H,24,28)(H,25,29). The van der Waals surface area contributed by atoms with Crippen molar-refractivity contribution in [2.24, 2.45) is 5.92 Å². The van der Waals surface area contributed by atoms with Gasteiger partial charge < -0.3 is 10.6 Å². The third-order valence-corrected chi connectivity index (χ3v) is 5.03. The van der Waals surface area contributed by atoms with Gasteiger partial charge in [0.15, 0.2) is 0 Å². The van der Waals surface area contributed by atoms with Crippen LogP contribution in [0.25, 0.3) is 0 Å². The van der Waals surface area contributed by atoms with Gasteiger partial charge in [0.25, 0.3) is 5.91 Å². The molecule has 29 heavy (non-hydrogen) atoms. The number of para-hydroxylation sites is 1. The molecule has 154 valence electrons. The highest BCUT2D eigenvalue weighted by Crippen LogP contribution is 2.18. The molecular weight excluding hydrogens is 364 g/mol. The smallest absolute Gasteiger partial charge is 0.253 e. The Morgan fingerprint density at radius 2 is 1.76 bits per heavy atom. The van der Waals surface area contributed by atoms with Crippen molar-refractivity contribution in [3.8, 4) is 0 Å². The fourth-order valence-corrected chi connectivity index (χ4v) is 3.59. The molecule has 4 N–H and O–H groups in total. The number of hydrazine groups is 1. The van der Waals surface area contributed by atoms with E-state index in [-0.39, 0.29) is 23.9 Å². The Hall–Kier alpha value is -2.70. The van der Waals surface area contributed by atoms with Crippen LogP contribution in [0.1, 0.15) is 42.6 Å². The molecule has 1 aliphatic rings. The van der Waals surface area contributed by atoms with Crippen LogP contribution in [0.5, 0.6) is 0 Å². The van der Waals surface area contributed by atoms with E-state index in [4.69, 9.17) is 0 Å². The van der Waals surface area contributed by atoms with Crippen LogP contribution in [-0.2, 0) is 11.2 Å². The second kappa shape index (κ2) is 10.2. The largest absolute Gasteiger partial charge is 0.352 e. The highest BCUT2D eigenvalue weighted by atomic mass is 16.2. The molecule has 2 unspecified atom stereocenters. The lowest BCUT2D eigenvalue weighted by Crippen LogP contribution is -2.40. The van der Waals surface area contributed by atoms with Crippen LogP contribution >= 0.6 is 0 Å². The van der Waals surface area contributed by atoms with Crippen LogP contribution in [0.4, 0.5) is 5.69 Å². The molecule has 2 atom stereocenters. The van der Waals surface area contributed by atoms with Crippen molar-refractivity contribution in [1.82, 2.24) is 16.2 Å². The molecule has 2 aromatic carbocycles. The summed E-state index contributed by atoms with van der Waals surface area (Å²) in [5.41, 5.74) is 8.44. The second-order valence-corrected chi connectivity index (χ2v) is 7.93. The van der Waals surface area contributed by atoms with Gasteiger partial charge in [-0.2, -0.15) is 0 Å². The fourth-order valence-electron chi connectivity index (χ4n) is 3.59. The number of amides is 2. The van der Waals surface area contributed by atoms with Crippen molar-refractivity contribution in [1.29, 1.82) is 0 Å². The topological polar surface area (TPSA) is 82.3 Å². The summed E-state index contributed by atoms with van der Waals surface area (Å²) in [6.07, 6.45) is 2.50. The van der Waals surface area contributed by atoms with E-state index >= 15 is 0 Å². The van der Waals surface area contributed by atoms with Crippen LogP contribution in [0.2, 0.25) is 0 Å². The summed E-state index contributed by atoms with van der Waals surface area (Å²) in [6.45, 7) is 4.87. The highest BCUT2D eigenvalue weighted by Gasteiger charge is 2.30. The Kier molecular flexibility index (Phi) is 7.38. The van der Waals surface area contributed by atoms with Crippen LogP contribution in [-0.4, -0.2) is 30.4 Å². The number of nitrogens with one attached hydrogen (secondary N) is 4. The Bertz CT molecular complexity index is 823. The molecule has 0 aliphatic carbocycles. The molecule has 1 heterocycles. The summed E-state index contributed by atoms with van der Waals surface area (Å²) in [5, 5.41) is 5.85. The van der Waals surface area contributed by atoms with E-state index in [1.165, 1.54) is 5.56 Å². The van der Waals surface area contributed by atoms with Crippen molar-refractivity contribution >= 4 is 17.5 Å². The summed E-state index contributed by atoms with van der Waals surface area (Å²) in [7, 11) is 0. The Morgan fingerprint density at radius 3 is 2.52 bits per heavy atom. The van der Waals surface area contributed by atoms with Gasteiger partial charge in [-0.25, -0.2) is 5.43 Å². The summed E-state index contributed by atoms with van der Waals surface area (Å²) in [6, 6.07) is 17.1. The molecule has 6 nitrogen and oxygen atoms in total. The molecule has 6 heteroatoms. The number of hydrogen-bond acceptors (Lipinski definition) is 4. The predicted octanol–water partition coefficient (Wildman–Crippen LogP) is 2.88. The Morgan fingerprint density at radius 1 is 1.03 bits per heavy atom. The summed E-state index contributed by atoms with van der Waals surface area (Å²) in [5.74, 6) is 0.247. The molecule has 0 aromatic heterocycles. The molecule has 3 rings (SSSR count). The average molecular weight is 395 g/mol. The lowest BCUT2D eigenvalue weighted by atomic mass is 10.00. The minimum absolute atomic E-state index is 0.131. The number of hydrogen-bond donors (Lipinski definition) is 4. The van der Waals surface area contributed by atoms with E-state index in [2.05, 4.69) is 35.3 Å². The van der Waals surface area contributed by atoms with Gasteiger partial charge in [-0.05, 0) is 42.9 Å². The zero-order valence-corrected chi connectivity index (χ0v) is 17.1. The Labute approximate surface area is 172 Å². The van der Waals surface area contributed by atoms with Crippen molar-refractivity contribution in [2.45, 2.75) is 45.2 Å². The number of carbonyl (C=O) groups excluding carboxylic acids is 2. The molecule has 0 bridgehead atoms. The summed E-state index contributed by atoms with van der Waals surface area (Å²) < 4.78 is 0. The van der Waals surface area contributed by atoms with E-state index in [1.54, 1.807) is 18.2 Å². The van der Waals surface area contributed by atoms with Gasteiger partial charge in [0.1, 0.15) is 6.04 Å². The van der Waals surface area contributed by atoms with E-state index in [0.717, 1.165) is 19.3 Å². The fraction of sp³-hybridized carbons (Fsp3) is 0.391. The Balaban J connectivity index is 1.55. The maximum absolute atomic E-state index is 12.7. The molecule has 2 aromatic rings. The number of carbonyl (C=O) groups is 2. The van der Waals surface area contributed by atoms with Gasteiger partial charge >= 0.3 is 0 Å². The van der Waals surface area contributed by atoms with Crippen LogP contribution < -0.4 is 21.5 Å².